The van der Waals surface area contributed by atoms with E-state index < -0.39 is 25.5 Å². The van der Waals surface area contributed by atoms with Crippen molar-refractivity contribution in [3.8, 4) is 23.8 Å². The first kappa shape index (κ1) is 17.1. The Balaban J connectivity index is 2.32. The third kappa shape index (κ3) is 8.07. The van der Waals surface area contributed by atoms with Gasteiger partial charge >= 0.3 is 6.18 Å². The fraction of sp³-hybridized carbons (Fsp3) is 0.429. The highest BCUT2D eigenvalue weighted by Crippen LogP contribution is 2.19. The van der Waals surface area contributed by atoms with Crippen LogP contribution in [0.2, 0.25) is 0 Å². The number of aliphatic hydroxyl groups excluding tert-OH is 1. The molecule has 0 spiro atoms. The largest absolute Gasteiger partial charge is 0.491 e. The van der Waals surface area contributed by atoms with Gasteiger partial charge in [-0.25, -0.2) is 0 Å². The fourth-order valence-electron chi connectivity index (χ4n) is 1.33. The topological polar surface area (TPSA) is 47.9 Å². The lowest BCUT2D eigenvalue weighted by molar-refractivity contribution is -0.179. The van der Waals surface area contributed by atoms with Crippen molar-refractivity contribution in [2.45, 2.75) is 12.3 Å². The lowest BCUT2D eigenvalue weighted by Crippen LogP contribution is -2.27. The average Bonchev–Trinajstić information content (AvgIpc) is 2.42. The van der Waals surface area contributed by atoms with Gasteiger partial charge in [0, 0.05) is 6.07 Å². The average molecular weight is 304 g/mol. The van der Waals surface area contributed by atoms with E-state index in [1.54, 1.807) is 24.3 Å². The van der Waals surface area contributed by atoms with E-state index in [2.05, 4.69) is 10.7 Å². The zero-order valence-electron chi connectivity index (χ0n) is 11.1. The van der Waals surface area contributed by atoms with Crippen LogP contribution in [0.1, 0.15) is 0 Å². The minimum absolute atomic E-state index is 0.108. The molecule has 21 heavy (non-hydrogen) atoms. The minimum Gasteiger partial charge on any atom is -0.491 e. The SMILES string of the molecule is C#CCOc1cccc(OCC(O)COCC(F)(F)F)c1. The van der Waals surface area contributed by atoms with Gasteiger partial charge in [0.15, 0.2) is 0 Å². The van der Waals surface area contributed by atoms with Crippen molar-refractivity contribution < 1.29 is 32.5 Å². The maximum absolute atomic E-state index is 11.8. The van der Waals surface area contributed by atoms with Crippen molar-refractivity contribution >= 4 is 0 Å². The molecule has 1 atom stereocenters. The zero-order chi connectivity index (χ0) is 15.7. The highest BCUT2D eigenvalue weighted by molar-refractivity contribution is 5.33. The predicted octanol–water partition coefficient (Wildman–Crippen LogP) is 2.02. The van der Waals surface area contributed by atoms with Gasteiger partial charge in [0.1, 0.15) is 37.4 Å². The van der Waals surface area contributed by atoms with Gasteiger partial charge in [-0.15, -0.1) is 6.42 Å². The number of alkyl halides is 3. The van der Waals surface area contributed by atoms with Crippen molar-refractivity contribution in [1.29, 1.82) is 0 Å². The van der Waals surface area contributed by atoms with Crippen molar-refractivity contribution in [3.05, 3.63) is 24.3 Å². The molecule has 0 aromatic heterocycles. The second kappa shape index (κ2) is 8.39. The molecule has 4 nitrogen and oxygen atoms in total. The van der Waals surface area contributed by atoms with Gasteiger partial charge in [-0.3, -0.25) is 0 Å². The Morgan fingerprint density at radius 3 is 2.48 bits per heavy atom. The summed E-state index contributed by atoms with van der Waals surface area (Å²) in [6.07, 6.45) is -0.521. The van der Waals surface area contributed by atoms with Crippen LogP contribution in [0, 0.1) is 12.3 Å². The molecule has 0 amide bonds. The first-order valence-electron chi connectivity index (χ1n) is 6.02. The first-order valence-corrected chi connectivity index (χ1v) is 6.02. The van der Waals surface area contributed by atoms with Crippen molar-refractivity contribution in [1.82, 2.24) is 0 Å². The van der Waals surface area contributed by atoms with Crippen LogP contribution in [-0.2, 0) is 4.74 Å². The molecule has 0 aliphatic rings. The predicted molar refractivity (Wildman–Crippen MR) is 69.1 cm³/mol. The van der Waals surface area contributed by atoms with Crippen LogP contribution in [0.25, 0.3) is 0 Å². The number of hydrogen-bond acceptors (Lipinski definition) is 4. The summed E-state index contributed by atoms with van der Waals surface area (Å²) in [6.45, 7) is -1.96. The van der Waals surface area contributed by atoms with Crippen LogP contribution in [0.3, 0.4) is 0 Å². The molecule has 1 aromatic rings. The molecule has 1 N–H and O–H groups in total. The maximum Gasteiger partial charge on any atom is 0.411 e. The van der Waals surface area contributed by atoms with E-state index in [1.165, 1.54) is 0 Å². The van der Waals surface area contributed by atoms with E-state index in [-0.39, 0.29) is 13.2 Å². The zero-order valence-corrected chi connectivity index (χ0v) is 11.1. The number of rotatable bonds is 8. The molecular formula is C14H15F3O4. The Bertz CT molecular complexity index is 468. The Morgan fingerprint density at radius 2 is 1.86 bits per heavy atom. The molecule has 7 heteroatoms. The first-order chi connectivity index (χ1) is 9.90. The van der Waals surface area contributed by atoms with Gasteiger partial charge in [-0.2, -0.15) is 13.2 Å². The Labute approximate surface area is 120 Å². The number of hydrogen-bond donors (Lipinski definition) is 1. The lowest BCUT2D eigenvalue weighted by atomic mass is 10.3. The molecule has 0 fully saturated rings. The molecule has 0 saturated carbocycles. The number of benzene rings is 1. The summed E-state index contributed by atoms with van der Waals surface area (Å²) in [5.41, 5.74) is 0. The monoisotopic (exact) mass is 304 g/mol. The van der Waals surface area contributed by atoms with E-state index in [0.29, 0.717) is 11.5 Å². The van der Waals surface area contributed by atoms with Crippen molar-refractivity contribution in [3.63, 3.8) is 0 Å². The Kier molecular flexibility index (Phi) is 6.85. The summed E-state index contributed by atoms with van der Waals surface area (Å²) in [5, 5.41) is 9.44. The van der Waals surface area contributed by atoms with E-state index in [9.17, 15) is 18.3 Å². The molecule has 116 valence electrons. The third-order valence-corrected chi connectivity index (χ3v) is 2.15. The van der Waals surface area contributed by atoms with Crippen LogP contribution in [0.4, 0.5) is 13.2 Å². The second-order valence-electron chi connectivity index (χ2n) is 4.06. The quantitative estimate of drug-likeness (QED) is 0.747. The van der Waals surface area contributed by atoms with Gasteiger partial charge in [0.25, 0.3) is 0 Å². The van der Waals surface area contributed by atoms with Crippen LogP contribution in [0.5, 0.6) is 11.5 Å². The molecule has 1 aromatic carbocycles. The van der Waals surface area contributed by atoms with Crippen LogP contribution in [0.15, 0.2) is 24.3 Å². The molecule has 0 heterocycles. The van der Waals surface area contributed by atoms with E-state index in [4.69, 9.17) is 15.9 Å². The van der Waals surface area contributed by atoms with E-state index in [1.807, 2.05) is 0 Å². The normalized spacial score (nSPS) is 12.5. The maximum atomic E-state index is 11.8. The Morgan fingerprint density at radius 1 is 1.19 bits per heavy atom. The van der Waals surface area contributed by atoms with E-state index in [0.717, 1.165) is 0 Å². The number of terminal acetylenes is 1. The molecule has 0 bridgehead atoms. The number of aliphatic hydroxyl groups is 1. The molecule has 0 aliphatic heterocycles. The minimum atomic E-state index is -4.41. The Hall–Kier alpha value is -1.91. The van der Waals surface area contributed by atoms with Crippen LogP contribution in [-0.4, -0.2) is 43.8 Å². The number of halogens is 3. The summed E-state index contributed by atoms with van der Waals surface area (Å²) in [7, 11) is 0. The second-order valence-corrected chi connectivity index (χ2v) is 4.06. The van der Waals surface area contributed by atoms with Crippen molar-refractivity contribution in [2.75, 3.05) is 26.4 Å². The highest BCUT2D eigenvalue weighted by atomic mass is 19.4. The van der Waals surface area contributed by atoms with Gasteiger partial charge in [0.2, 0.25) is 0 Å². The summed E-state index contributed by atoms with van der Waals surface area (Å²) < 4.78 is 50.2. The number of ether oxygens (including phenoxy) is 3. The summed E-state index contributed by atoms with van der Waals surface area (Å²) in [6, 6.07) is 6.51. The third-order valence-electron chi connectivity index (χ3n) is 2.15. The molecule has 0 radical (unpaired) electrons. The molecule has 1 unspecified atom stereocenters. The van der Waals surface area contributed by atoms with Gasteiger partial charge in [-0.05, 0) is 12.1 Å². The molecular weight excluding hydrogens is 289 g/mol. The summed E-state index contributed by atoms with van der Waals surface area (Å²) in [4.78, 5) is 0. The molecule has 0 saturated heterocycles. The standard InChI is InChI=1S/C14H15F3O4/c1-2-6-20-12-4-3-5-13(7-12)21-9-11(18)8-19-10-14(15,16)17/h1,3-5,7,11,18H,6,8-10H2. The fourth-order valence-corrected chi connectivity index (χ4v) is 1.33. The lowest BCUT2D eigenvalue weighted by Gasteiger charge is -2.14. The van der Waals surface area contributed by atoms with Crippen molar-refractivity contribution in [2.24, 2.45) is 0 Å². The molecule has 0 aliphatic carbocycles. The molecule has 1 rings (SSSR count). The van der Waals surface area contributed by atoms with E-state index >= 15 is 0 Å². The van der Waals surface area contributed by atoms with Crippen LogP contribution < -0.4 is 9.47 Å². The smallest absolute Gasteiger partial charge is 0.411 e. The summed E-state index contributed by atoms with van der Waals surface area (Å²) >= 11 is 0. The van der Waals surface area contributed by atoms with Gasteiger partial charge < -0.3 is 19.3 Å². The van der Waals surface area contributed by atoms with Gasteiger partial charge in [0.05, 0.1) is 6.61 Å². The van der Waals surface area contributed by atoms with Crippen LogP contribution >= 0.6 is 0 Å². The van der Waals surface area contributed by atoms with Gasteiger partial charge in [-0.1, -0.05) is 12.0 Å². The summed E-state index contributed by atoms with van der Waals surface area (Å²) in [5.74, 6) is 3.21. The highest BCUT2D eigenvalue weighted by Gasteiger charge is 2.27.